The molecule has 1 aromatic heterocycles. The number of aliphatic hydroxyl groups is 1. The standard InChI is InChI=1S/C12H20N2O3S/c1-4-10(5-6-15)13-11(16)7-14-8(2)9(3)18-12(14)17/h10,15H,4-7H2,1-3H3,(H,13,16). The predicted octanol–water partition coefficient (Wildman–Crippen LogP) is 0.804. The Kier molecular flexibility index (Phi) is 5.55. The van der Waals surface area contributed by atoms with E-state index in [4.69, 9.17) is 5.11 Å². The number of hydrogen-bond donors (Lipinski definition) is 2. The molecule has 6 heteroatoms. The third kappa shape index (κ3) is 3.68. The lowest BCUT2D eigenvalue weighted by Crippen LogP contribution is -2.38. The second kappa shape index (κ2) is 6.70. The Bertz CT molecular complexity index is 464. The van der Waals surface area contributed by atoms with Crippen molar-refractivity contribution in [2.75, 3.05) is 6.61 Å². The maximum Gasteiger partial charge on any atom is 0.308 e. The molecule has 1 atom stereocenters. The molecule has 0 saturated heterocycles. The van der Waals surface area contributed by atoms with E-state index in [1.165, 1.54) is 4.57 Å². The maximum absolute atomic E-state index is 11.8. The number of nitrogens with one attached hydrogen (secondary N) is 1. The van der Waals surface area contributed by atoms with Crippen molar-refractivity contribution in [3.05, 3.63) is 20.2 Å². The van der Waals surface area contributed by atoms with E-state index in [0.717, 1.165) is 28.3 Å². The van der Waals surface area contributed by atoms with Gasteiger partial charge in [0.05, 0.1) is 0 Å². The van der Waals surface area contributed by atoms with Crippen molar-refractivity contribution in [1.29, 1.82) is 0 Å². The van der Waals surface area contributed by atoms with Crippen molar-refractivity contribution in [2.24, 2.45) is 0 Å². The van der Waals surface area contributed by atoms with Gasteiger partial charge in [0, 0.05) is 23.2 Å². The minimum Gasteiger partial charge on any atom is -0.396 e. The van der Waals surface area contributed by atoms with Crippen LogP contribution in [0.15, 0.2) is 4.79 Å². The summed E-state index contributed by atoms with van der Waals surface area (Å²) in [6.07, 6.45) is 1.31. The van der Waals surface area contributed by atoms with Gasteiger partial charge in [-0.25, -0.2) is 0 Å². The van der Waals surface area contributed by atoms with Gasteiger partial charge in [-0.2, -0.15) is 0 Å². The summed E-state index contributed by atoms with van der Waals surface area (Å²) < 4.78 is 1.49. The lowest BCUT2D eigenvalue weighted by molar-refractivity contribution is -0.122. The Morgan fingerprint density at radius 3 is 2.61 bits per heavy atom. The second-order valence-corrected chi connectivity index (χ2v) is 5.45. The number of carbonyl (C=O) groups excluding carboxylic acids is 1. The Balaban J connectivity index is 2.67. The number of aromatic nitrogens is 1. The third-order valence-electron chi connectivity index (χ3n) is 3.01. The summed E-state index contributed by atoms with van der Waals surface area (Å²) in [5.74, 6) is -0.182. The average molecular weight is 272 g/mol. The zero-order valence-corrected chi connectivity index (χ0v) is 11.8. The van der Waals surface area contributed by atoms with Crippen LogP contribution < -0.4 is 10.2 Å². The van der Waals surface area contributed by atoms with Crippen LogP contribution in [0, 0.1) is 13.8 Å². The lowest BCUT2D eigenvalue weighted by Gasteiger charge is -2.16. The van der Waals surface area contributed by atoms with E-state index < -0.39 is 0 Å². The molecule has 1 amide bonds. The number of hydrogen-bond acceptors (Lipinski definition) is 4. The average Bonchev–Trinajstić information content (AvgIpc) is 2.55. The Morgan fingerprint density at radius 1 is 1.50 bits per heavy atom. The summed E-state index contributed by atoms with van der Waals surface area (Å²) in [6, 6.07) is -0.0294. The van der Waals surface area contributed by atoms with Crippen LogP contribution in [0.1, 0.15) is 30.3 Å². The number of aryl methyl sites for hydroxylation is 1. The number of carbonyl (C=O) groups is 1. The highest BCUT2D eigenvalue weighted by molar-refractivity contribution is 7.09. The monoisotopic (exact) mass is 272 g/mol. The van der Waals surface area contributed by atoms with Crippen molar-refractivity contribution in [3.63, 3.8) is 0 Å². The molecule has 0 aromatic carbocycles. The van der Waals surface area contributed by atoms with E-state index in [9.17, 15) is 9.59 Å². The van der Waals surface area contributed by atoms with Crippen LogP contribution in [0.5, 0.6) is 0 Å². The molecule has 1 rings (SSSR count). The first-order valence-electron chi connectivity index (χ1n) is 6.06. The number of rotatable bonds is 6. The van der Waals surface area contributed by atoms with E-state index in [2.05, 4.69) is 5.32 Å². The molecule has 1 aromatic rings. The summed E-state index contributed by atoms with van der Waals surface area (Å²) in [5, 5.41) is 11.7. The van der Waals surface area contributed by atoms with Crippen molar-refractivity contribution in [2.45, 2.75) is 46.2 Å². The van der Waals surface area contributed by atoms with Gasteiger partial charge in [-0.3, -0.25) is 14.2 Å². The Labute approximate surface area is 110 Å². The summed E-state index contributed by atoms with van der Waals surface area (Å²) in [6.45, 7) is 5.76. The van der Waals surface area contributed by atoms with Crippen molar-refractivity contribution < 1.29 is 9.90 Å². The lowest BCUT2D eigenvalue weighted by atomic mass is 10.1. The van der Waals surface area contributed by atoms with Crippen LogP contribution in [0.25, 0.3) is 0 Å². The van der Waals surface area contributed by atoms with Gasteiger partial charge in [-0.1, -0.05) is 18.3 Å². The van der Waals surface area contributed by atoms with Crippen LogP contribution in [-0.4, -0.2) is 28.2 Å². The number of nitrogens with zero attached hydrogens (tertiary/aromatic N) is 1. The molecule has 0 bridgehead atoms. The fourth-order valence-electron chi connectivity index (χ4n) is 1.72. The molecular formula is C12H20N2O3S. The van der Waals surface area contributed by atoms with Crippen molar-refractivity contribution in [3.8, 4) is 0 Å². The zero-order chi connectivity index (χ0) is 13.7. The van der Waals surface area contributed by atoms with Crippen LogP contribution in [0.4, 0.5) is 0 Å². The third-order valence-corrected chi connectivity index (χ3v) is 4.01. The number of aliphatic hydroxyl groups excluding tert-OH is 1. The molecule has 0 aliphatic rings. The quantitative estimate of drug-likeness (QED) is 0.805. The topological polar surface area (TPSA) is 71.3 Å². The fraction of sp³-hybridized carbons (Fsp3) is 0.667. The van der Waals surface area contributed by atoms with Crippen molar-refractivity contribution >= 4 is 17.2 Å². The van der Waals surface area contributed by atoms with Gasteiger partial charge in [0.1, 0.15) is 6.54 Å². The van der Waals surface area contributed by atoms with Crippen LogP contribution in [0.3, 0.4) is 0 Å². The molecular weight excluding hydrogens is 252 g/mol. The molecule has 0 aliphatic heterocycles. The largest absolute Gasteiger partial charge is 0.396 e. The molecule has 5 nitrogen and oxygen atoms in total. The summed E-state index contributed by atoms with van der Waals surface area (Å²) in [5.41, 5.74) is 0.843. The van der Waals surface area contributed by atoms with Gasteiger partial charge in [-0.05, 0) is 26.7 Å². The highest BCUT2D eigenvalue weighted by atomic mass is 32.1. The SMILES string of the molecule is CCC(CCO)NC(=O)Cn1c(C)c(C)sc1=O. The van der Waals surface area contributed by atoms with Crippen LogP contribution in [0.2, 0.25) is 0 Å². The number of amides is 1. The predicted molar refractivity (Wildman–Crippen MR) is 72.0 cm³/mol. The van der Waals surface area contributed by atoms with Crippen LogP contribution in [-0.2, 0) is 11.3 Å². The van der Waals surface area contributed by atoms with Gasteiger partial charge in [0.2, 0.25) is 5.91 Å². The summed E-state index contributed by atoms with van der Waals surface area (Å²) in [7, 11) is 0. The highest BCUT2D eigenvalue weighted by Crippen LogP contribution is 2.09. The molecule has 0 fully saturated rings. The minimum atomic E-state index is -0.182. The van der Waals surface area contributed by atoms with Gasteiger partial charge in [0.25, 0.3) is 0 Å². The normalized spacial score (nSPS) is 12.4. The fourth-order valence-corrected chi connectivity index (χ4v) is 2.55. The highest BCUT2D eigenvalue weighted by Gasteiger charge is 2.14. The molecule has 102 valence electrons. The molecule has 2 N–H and O–H groups in total. The minimum absolute atomic E-state index is 0.0294. The Hall–Kier alpha value is -1.14. The van der Waals surface area contributed by atoms with E-state index in [-0.39, 0.29) is 30.0 Å². The van der Waals surface area contributed by atoms with Gasteiger partial charge in [0.15, 0.2) is 0 Å². The molecule has 18 heavy (non-hydrogen) atoms. The number of thiazole rings is 1. The first-order chi connectivity index (χ1) is 8.49. The van der Waals surface area contributed by atoms with Gasteiger partial charge >= 0.3 is 4.87 Å². The molecule has 0 radical (unpaired) electrons. The van der Waals surface area contributed by atoms with Crippen molar-refractivity contribution in [1.82, 2.24) is 9.88 Å². The summed E-state index contributed by atoms with van der Waals surface area (Å²) in [4.78, 5) is 24.3. The first kappa shape index (κ1) is 14.9. The van der Waals surface area contributed by atoms with E-state index in [1.807, 2.05) is 20.8 Å². The Morgan fingerprint density at radius 2 is 2.17 bits per heavy atom. The second-order valence-electron chi connectivity index (χ2n) is 4.28. The van der Waals surface area contributed by atoms with Gasteiger partial charge in [-0.15, -0.1) is 0 Å². The maximum atomic E-state index is 11.8. The molecule has 1 unspecified atom stereocenters. The molecule has 0 aliphatic carbocycles. The first-order valence-corrected chi connectivity index (χ1v) is 6.88. The molecule has 0 saturated carbocycles. The van der Waals surface area contributed by atoms with E-state index in [1.54, 1.807) is 0 Å². The van der Waals surface area contributed by atoms with Crippen LogP contribution >= 0.6 is 11.3 Å². The van der Waals surface area contributed by atoms with Gasteiger partial charge < -0.3 is 10.4 Å². The van der Waals surface area contributed by atoms with E-state index >= 15 is 0 Å². The van der Waals surface area contributed by atoms with E-state index in [0.29, 0.717) is 6.42 Å². The molecule has 1 heterocycles. The summed E-state index contributed by atoms with van der Waals surface area (Å²) >= 11 is 1.16. The molecule has 0 spiro atoms. The smallest absolute Gasteiger partial charge is 0.308 e. The zero-order valence-electron chi connectivity index (χ0n) is 11.0.